The highest BCUT2D eigenvalue weighted by Gasteiger charge is 2.29. The molecule has 0 radical (unpaired) electrons. The Morgan fingerprint density at radius 3 is 2.19 bits per heavy atom. The molecule has 2 amide bonds. The van der Waals surface area contributed by atoms with Gasteiger partial charge in [0.15, 0.2) is 0 Å². The molecule has 0 bridgehead atoms. The van der Waals surface area contributed by atoms with Gasteiger partial charge in [-0.3, -0.25) is 4.79 Å². The van der Waals surface area contributed by atoms with E-state index in [4.69, 9.17) is 32.5 Å². The number of nitrogens with one attached hydrogen (secondary N) is 2. The third-order valence-corrected chi connectivity index (χ3v) is 9.29. The van der Waals surface area contributed by atoms with Gasteiger partial charge in [-0.2, -0.15) is 0 Å². The Bertz CT molecular complexity index is 1370. The van der Waals surface area contributed by atoms with Gasteiger partial charge in [0.1, 0.15) is 18.3 Å². The van der Waals surface area contributed by atoms with Gasteiger partial charge < -0.3 is 43.2 Å². The lowest BCUT2D eigenvalue weighted by Gasteiger charge is -2.25. The van der Waals surface area contributed by atoms with Crippen LogP contribution in [0, 0.1) is 0 Å². The summed E-state index contributed by atoms with van der Waals surface area (Å²) in [6.07, 6.45) is 7.05. The summed E-state index contributed by atoms with van der Waals surface area (Å²) < 4.78 is 40.0. The Hall–Kier alpha value is -3.54. The van der Waals surface area contributed by atoms with Crippen molar-refractivity contribution in [2.75, 3.05) is 46.2 Å². The summed E-state index contributed by atoms with van der Waals surface area (Å²) in [4.78, 5) is 36.9. The van der Waals surface area contributed by atoms with Crippen molar-refractivity contribution in [1.82, 2.24) is 10.6 Å². The lowest BCUT2D eigenvalue weighted by molar-refractivity contribution is -0.147. The standard InChI is InChI=1S/C40H59N2O10P/c1-7-9-10-11-12-17-32(51-30(3)43)22-25-46-27-31(42-39(45)52-40(4,5)6)28-50-53(48-24-8-2)49-26-23-41-38(44)47-29-37-35-20-15-13-18-33(35)34-19-14-16-21-36(34)37/h8,13-16,18-21,31-32,37H,2,7,9-12,17,22-29H2,1,3-6H3,(H,41,44)(H,42,45)/t31-,32-,53?/m1/s1. The number of hydrogen-bond donors (Lipinski definition) is 2. The highest BCUT2D eigenvalue weighted by atomic mass is 31.2. The Kier molecular flexibility index (Phi) is 19.8. The van der Waals surface area contributed by atoms with Crippen LogP contribution >= 0.6 is 8.60 Å². The van der Waals surface area contributed by atoms with Crippen LogP contribution in [0.4, 0.5) is 9.59 Å². The summed E-state index contributed by atoms with van der Waals surface area (Å²) in [5.41, 5.74) is 3.88. The van der Waals surface area contributed by atoms with Crippen molar-refractivity contribution in [2.24, 2.45) is 0 Å². The lowest BCUT2D eigenvalue weighted by Crippen LogP contribution is -2.44. The predicted octanol–water partition coefficient (Wildman–Crippen LogP) is 8.58. The molecule has 2 aromatic rings. The normalized spacial score (nSPS) is 14.0. The fourth-order valence-corrected chi connectivity index (χ4v) is 6.81. The van der Waals surface area contributed by atoms with Crippen molar-refractivity contribution in [3.05, 3.63) is 72.3 Å². The van der Waals surface area contributed by atoms with Crippen molar-refractivity contribution in [1.29, 1.82) is 0 Å². The van der Waals surface area contributed by atoms with Crippen LogP contribution in [0.25, 0.3) is 11.1 Å². The summed E-state index contributed by atoms with van der Waals surface area (Å²) in [5.74, 6) is -0.359. The maximum Gasteiger partial charge on any atom is 0.408 e. The maximum atomic E-state index is 12.7. The second-order valence-corrected chi connectivity index (χ2v) is 15.1. The summed E-state index contributed by atoms with van der Waals surface area (Å²) in [6.45, 7) is 13.6. The topological polar surface area (TPSA) is 140 Å². The molecule has 3 atom stereocenters. The first-order chi connectivity index (χ1) is 25.5. The van der Waals surface area contributed by atoms with Gasteiger partial charge in [-0.05, 0) is 55.9 Å². The van der Waals surface area contributed by atoms with E-state index >= 15 is 0 Å². The largest absolute Gasteiger partial charge is 0.462 e. The minimum absolute atomic E-state index is 0.00724. The van der Waals surface area contributed by atoms with Crippen LogP contribution in [0.5, 0.6) is 0 Å². The van der Waals surface area contributed by atoms with Gasteiger partial charge in [0.2, 0.25) is 0 Å². The zero-order chi connectivity index (χ0) is 38.5. The third-order valence-electron chi connectivity index (χ3n) is 8.18. The fraction of sp³-hybridized carbons (Fsp3) is 0.575. The van der Waals surface area contributed by atoms with Crippen LogP contribution < -0.4 is 10.6 Å². The van der Waals surface area contributed by atoms with Crippen molar-refractivity contribution < 1.29 is 46.9 Å². The first-order valence-corrected chi connectivity index (χ1v) is 19.7. The van der Waals surface area contributed by atoms with E-state index in [1.54, 1.807) is 26.8 Å². The van der Waals surface area contributed by atoms with Crippen LogP contribution in [-0.2, 0) is 37.3 Å². The molecule has 2 aromatic carbocycles. The maximum absolute atomic E-state index is 12.7. The Morgan fingerprint density at radius 1 is 0.868 bits per heavy atom. The fourth-order valence-electron chi connectivity index (χ4n) is 5.82. The molecule has 0 spiro atoms. The first kappa shape index (κ1) is 43.9. The van der Waals surface area contributed by atoms with E-state index in [2.05, 4.69) is 48.4 Å². The summed E-state index contributed by atoms with van der Waals surface area (Å²) in [6, 6.07) is 15.7. The number of amides is 2. The summed E-state index contributed by atoms with van der Waals surface area (Å²) in [5, 5.41) is 5.52. The monoisotopic (exact) mass is 758 g/mol. The van der Waals surface area contributed by atoms with Crippen LogP contribution in [0.1, 0.15) is 96.6 Å². The predicted molar refractivity (Wildman–Crippen MR) is 206 cm³/mol. The molecule has 294 valence electrons. The minimum Gasteiger partial charge on any atom is -0.462 e. The Morgan fingerprint density at radius 2 is 1.55 bits per heavy atom. The molecule has 0 aliphatic heterocycles. The van der Waals surface area contributed by atoms with Gasteiger partial charge in [0.05, 0.1) is 39.1 Å². The molecule has 13 heteroatoms. The lowest BCUT2D eigenvalue weighted by atomic mass is 9.98. The molecule has 0 saturated heterocycles. The molecule has 0 saturated carbocycles. The van der Waals surface area contributed by atoms with Gasteiger partial charge in [0, 0.05) is 25.8 Å². The zero-order valence-electron chi connectivity index (χ0n) is 32.1. The van der Waals surface area contributed by atoms with Crippen molar-refractivity contribution in [2.45, 2.75) is 103 Å². The molecule has 0 aromatic heterocycles. The van der Waals surface area contributed by atoms with Crippen molar-refractivity contribution in [3.8, 4) is 11.1 Å². The number of hydrogen-bond acceptors (Lipinski definition) is 10. The van der Waals surface area contributed by atoms with E-state index in [1.807, 2.05) is 24.3 Å². The average molecular weight is 759 g/mol. The SMILES string of the molecule is C=CCOP(OCCNC(=O)OCC1c2ccccc2-c2ccccc21)OC[C@@H](COCC[C@@H](CCCCCCC)OC(C)=O)NC(=O)OC(C)(C)C. The highest BCUT2D eigenvalue weighted by molar-refractivity contribution is 7.41. The quantitative estimate of drug-likeness (QED) is 0.0333. The molecule has 1 aliphatic rings. The number of carbonyl (C=O) groups excluding carboxylic acids is 3. The number of esters is 1. The zero-order valence-corrected chi connectivity index (χ0v) is 33.0. The Balaban J connectivity index is 1.46. The molecule has 12 nitrogen and oxygen atoms in total. The van der Waals surface area contributed by atoms with Crippen LogP contribution in [0.3, 0.4) is 0 Å². The highest BCUT2D eigenvalue weighted by Crippen LogP contribution is 2.44. The van der Waals surface area contributed by atoms with E-state index in [0.717, 1.165) is 47.9 Å². The molecule has 1 unspecified atom stereocenters. The molecular formula is C40H59N2O10P. The molecule has 2 N–H and O–H groups in total. The first-order valence-electron chi connectivity index (χ1n) is 18.6. The minimum atomic E-state index is -1.87. The van der Waals surface area contributed by atoms with E-state index < -0.39 is 32.4 Å². The van der Waals surface area contributed by atoms with Gasteiger partial charge >= 0.3 is 26.8 Å². The smallest absolute Gasteiger partial charge is 0.408 e. The van der Waals surface area contributed by atoms with Crippen molar-refractivity contribution >= 4 is 26.8 Å². The molecule has 0 heterocycles. The van der Waals surface area contributed by atoms with Gasteiger partial charge in [-0.15, -0.1) is 6.58 Å². The van der Waals surface area contributed by atoms with Crippen molar-refractivity contribution in [3.63, 3.8) is 0 Å². The number of benzene rings is 2. The third kappa shape index (κ3) is 17.0. The van der Waals surface area contributed by atoms with Gasteiger partial charge in [0.25, 0.3) is 0 Å². The summed E-state index contributed by atoms with van der Waals surface area (Å²) in [7, 11) is -1.87. The van der Waals surface area contributed by atoms with E-state index in [9.17, 15) is 14.4 Å². The Labute approximate surface area is 316 Å². The van der Waals surface area contributed by atoms with E-state index in [1.165, 1.54) is 19.8 Å². The molecule has 0 fully saturated rings. The molecule has 3 rings (SSSR count). The number of fused-ring (bicyclic) bond motifs is 3. The number of alkyl carbamates (subject to hydrolysis) is 2. The van der Waals surface area contributed by atoms with Gasteiger partial charge in [-0.25, -0.2) is 9.59 Å². The van der Waals surface area contributed by atoms with Crippen LogP contribution in [0.2, 0.25) is 0 Å². The number of carbonyl (C=O) groups is 3. The summed E-state index contributed by atoms with van der Waals surface area (Å²) >= 11 is 0. The van der Waals surface area contributed by atoms with Crippen LogP contribution in [0.15, 0.2) is 61.2 Å². The second kappa shape index (κ2) is 24.0. The average Bonchev–Trinajstić information content (AvgIpc) is 3.43. The number of unbranched alkanes of at least 4 members (excludes halogenated alkanes) is 4. The second-order valence-electron chi connectivity index (χ2n) is 13.8. The number of rotatable bonds is 25. The molecule has 53 heavy (non-hydrogen) atoms. The van der Waals surface area contributed by atoms with E-state index in [0.29, 0.717) is 13.0 Å². The number of ether oxygens (including phenoxy) is 4. The van der Waals surface area contributed by atoms with Gasteiger partial charge in [-0.1, -0.05) is 87.2 Å². The van der Waals surface area contributed by atoms with Crippen LogP contribution in [-0.4, -0.2) is 82.1 Å². The molecular weight excluding hydrogens is 699 g/mol. The molecule has 1 aliphatic carbocycles. The van der Waals surface area contributed by atoms with E-state index in [-0.39, 0.29) is 57.6 Å².